The van der Waals surface area contributed by atoms with Gasteiger partial charge in [-0.15, -0.1) is 0 Å². The van der Waals surface area contributed by atoms with E-state index >= 15 is 0 Å². The first-order chi connectivity index (χ1) is 8.56. The quantitative estimate of drug-likeness (QED) is 0.807. The average Bonchev–Trinajstić information content (AvgIpc) is 2.69. The highest BCUT2D eigenvalue weighted by Crippen LogP contribution is 2.19. The van der Waals surface area contributed by atoms with Crippen LogP contribution in [-0.2, 0) is 11.3 Å². The zero-order valence-corrected chi connectivity index (χ0v) is 10.5. The van der Waals surface area contributed by atoms with Crippen LogP contribution in [0.15, 0.2) is 30.6 Å². The minimum atomic E-state index is -0.119. The summed E-state index contributed by atoms with van der Waals surface area (Å²) in [6, 6.07) is 5.55. The summed E-state index contributed by atoms with van der Waals surface area (Å²) in [5.74, 6) is 0.689. The highest BCUT2D eigenvalue weighted by atomic mass is 16.1. The third kappa shape index (κ3) is 2.68. The predicted molar refractivity (Wildman–Crippen MR) is 71.2 cm³/mol. The summed E-state index contributed by atoms with van der Waals surface area (Å²) in [5.41, 5.74) is 8.12. The van der Waals surface area contributed by atoms with Crippen LogP contribution in [0.1, 0.15) is 11.4 Å². The zero-order valence-electron chi connectivity index (χ0n) is 10.5. The highest BCUT2D eigenvalue weighted by molar-refractivity contribution is 5.93. The average molecular weight is 244 g/mol. The van der Waals surface area contributed by atoms with Gasteiger partial charge < -0.3 is 15.6 Å². The first-order valence-electron chi connectivity index (χ1n) is 5.70. The lowest BCUT2D eigenvalue weighted by Crippen LogP contribution is -2.19. The fourth-order valence-electron chi connectivity index (χ4n) is 1.71. The molecule has 0 saturated heterocycles. The maximum Gasteiger partial charge on any atom is 0.244 e. The van der Waals surface area contributed by atoms with Gasteiger partial charge in [-0.2, -0.15) is 0 Å². The Bertz CT molecular complexity index is 574. The van der Waals surface area contributed by atoms with Crippen molar-refractivity contribution in [3.8, 4) is 0 Å². The lowest BCUT2D eigenvalue weighted by Gasteiger charge is -2.09. The second-order valence-corrected chi connectivity index (χ2v) is 4.24. The van der Waals surface area contributed by atoms with E-state index in [-0.39, 0.29) is 12.5 Å². The molecule has 3 N–H and O–H groups in total. The summed E-state index contributed by atoms with van der Waals surface area (Å²) < 4.78 is 1.78. The molecule has 18 heavy (non-hydrogen) atoms. The van der Waals surface area contributed by atoms with Crippen LogP contribution in [-0.4, -0.2) is 15.5 Å². The lowest BCUT2D eigenvalue weighted by atomic mass is 10.2. The van der Waals surface area contributed by atoms with Crippen molar-refractivity contribution < 1.29 is 4.79 Å². The number of anilines is 2. The summed E-state index contributed by atoms with van der Waals surface area (Å²) in [5, 5.41) is 2.79. The number of carbonyl (C=O) groups excluding carboxylic acids is 1. The van der Waals surface area contributed by atoms with Crippen molar-refractivity contribution in [3.63, 3.8) is 0 Å². The lowest BCUT2D eigenvalue weighted by molar-refractivity contribution is -0.116. The molecule has 1 heterocycles. The number of nitrogens with zero attached hydrogens (tertiary/aromatic N) is 2. The van der Waals surface area contributed by atoms with Gasteiger partial charge in [0, 0.05) is 12.4 Å². The van der Waals surface area contributed by atoms with Crippen molar-refractivity contribution in [3.05, 3.63) is 42.0 Å². The van der Waals surface area contributed by atoms with Gasteiger partial charge in [0.2, 0.25) is 5.91 Å². The molecule has 5 heteroatoms. The minimum Gasteiger partial charge on any atom is -0.397 e. The van der Waals surface area contributed by atoms with E-state index < -0.39 is 0 Å². The van der Waals surface area contributed by atoms with E-state index in [9.17, 15) is 4.79 Å². The van der Waals surface area contributed by atoms with Crippen LogP contribution in [0.3, 0.4) is 0 Å². The van der Waals surface area contributed by atoms with Crippen LogP contribution in [0.2, 0.25) is 0 Å². The number of imidazole rings is 1. The first-order valence-corrected chi connectivity index (χ1v) is 5.70. The number of hydrogen-bond donors (Lipinski definition) is 2. The SMILES string of the molecule is Cc1ccc(NC(=O)Cn2ccnc2C)c(N)c1. The molecule has 0 aliphatic carbocycles. The zero-order chi connectivity index (χ0) is 13.1. The van der Waals surface area contributed by atoms with E-state index in [0.717, 1.165) is 11.4 Å². The molecule has 1 aromatic carbocycles. The number of nitrogens with two attached hydrogens (primary N) is 1. The van der Waals surface area contributed by atoms with Gasteiger partial charge in [-0.25, -0.2) is 4.98 Å². The highest BCUT2D eigenvalue weighted by Gasteiger charge is 2.07. The predicted octanol–water partition coefficient (Wildman–Crippen LogP) is 1.72. The van der Waals surface area contributed by atoms with E-state index in [1.807, 2.05) is 32.0 Å². The Morgan fingerprint density at radius 3 is 2.83 bits per heavy atom. The van der Waals surface area contributed by atoms with E-state index in [2.05, 4.69) is 10.3 Å². The van der Waals surface area contributed by atoms with Gasteiger partial charge in [0.25, 0.3) is 0 Å². The largest absolute Gasteiger partial charge is 0.397 e. The van der Waals surface area contributed by atoms with Gasteiger partial charge >= 0.3 is 0 Å². The molecule has 0 saturated carbocycles. The van der Waals surface area contributed by atoms with Crippen LogP contribution >= 0.6 is 0 Å². The Kier molecular flexibility index (Phi) is 3.32. The van der Waals surface area contributed by atoms with Crippen LogP contribution in [0, 0.1) is 13.8 Å². The fourth-order valence-corrected chi connectivity index (χ4v) is 1.71. The summed E-state index contributed by atoms with van der Waals surface area (Å²) in [4.78, 5) is 15.9. The Balaban J connectivity index is 2.05. The number of benzene rings is 1. The smallest absolute Gasteiger partial charge is 0.244 e. The minimum absolute atomic E-state index is 0.119. The normalized spacial score (nSPS) is 10.3. The fraction of sp³-hybridized carbons (Fsp3) is 0.231. The molecule has 0 unspecified atom stereocenters. The Hall–Kier alpha value is -2.30. The summed E-state index contributed by atoms with van der Waals surface area (Å²) >= 11 is 0. The summed E-state index contributed by atoms with van der Waals surface area (Å²) in [6.45, 7) is 4.05. The van der Waals surface area contributed by atoms with E-state index in [1.165, 1.54) is 0 Å². The monoisotopic (exact) mass is 244 g/mol. The van der Waals surface area contributed by atoms with Crippen molar-refractivity contribution in [2.24, 2.45) is 0 Å². The van der Waals surface area contributed by atoms with Gasteiger partial charge in [0.1, 0.15) is 12.4 Å². The number of hydrogen-bond acceptors (Lipinski definition) is 3. The molecule has 0 bridgehead atoms. The molecule has 0 fully saturated rings. The maximum atomic E-state index is 11.9. The van der Waals surface area contributed by atoms with Gasteiger partial charge in [-0.05, 0) is 31.5 Å². The maximum absolute atomic E-state index is 11.9. The molecule has 1 amide bonds. The van der Waals surface area contributed by atoms with Crippen molar-refractivity contribution in [1.82, 2.24) is 9.55 Å². The Morgan fingerprint density at radius 1 is 1.44 bits per heavy atom. The second kappa shape index (κ2) is 4.91. The molecular weight excluding hydrogens is 228 g/mol. The summed E-state index contributed by atoms with van der Waals surface area (Å²) in [6.07, 6.45) is 3.44. The van der Waals surface area contributed by atoms with Crippen LogP contribution in [0.4, 0.5) is 11.4 Å². The third-order valence-electron chi connectivity index (χ3n) is 2.72. The molecule has 2 aromatic rings. The van der Waals surface area contributed by atoms with Crippen LogP contribution in [0.25, 0.3) is 0 Å². The number of carbonyl (C=O) groups is 1. The van der Waals surface area contributed by atoms with Gasteiger partial charge in [-0.3, -0.25) is 4.79 Å². The van der Waals surface area contributed by atoms with Crippen LogP contribution < -0.4 is 11.1 Å². The topological polar surface area (TPSA) is 72.9 Å². The Labute approximate surface area is 106 Å². The molecule has 0 aliphatic rings. The summed E-state index contributed by atoms with van der Waals surface area (Å²) in [7, 11) is 0. The molecule has 5 nitrogen and oxygen atoms in total. The first kappa shape index (κ1) is 12.2. The van der Waals surface area contributed by atoms with Crippen molar-refractivity contribution in [2.45, 2.75) is 20.4 Å². The number of nitrogen functional groups attached to an aromatic ring is 1. The number of aryl methyl sites for hydroxylation is 2. The van der Waals surface area contributed by atoms with E-state index in [1.54, 1.807) is 17.0 Å². The molecule has 2 rings (SSSR count). The Morgan fingerprint density at radius 2 is 2.22 bits per heavy atom. The standard InChI is InChI=1S/C13H16N4O/c1-9-3-4-12(11(14)7-9)16-13(18)8-17-6-5-15-10(17)2/h3-7H,8,14H2,1-2H3,(H,16,18). The third-order valence-corrected chi connectivity index (χ3v) is 2.72. The van der Waals surface area contributed by atoms with Crippen molar-refractivity contribution >= 4 is 17.3 Å². The molecule has 1 aromatic heterocycles. The number of rotatable bonds is 3. The number of aromatic nitrogens is 2. The van der Waals surface area contributed by atoms with Gasteiger partial charge in [0.15, 0.2) is 0 Å². The second-order valence-electron chi connectivity index (χ2n) is 4.24. The van der Waals surface area contributed by atoms with Crippen molar-refractivity contribution in [2.75, 3.05) is 11.1 Å². The van der Waals surface area contributed by atoms with E-state index in [0.29, 0.717) is 11.4 Å². The molecule has 0 spiro atoms. The molecular formula is C13H16N4O. The molecule has 94 valence electrons. The molecule has 0 radical (unpaired) electrons. The van der Waals surface area contributed by atoms with Gasteiger partial charge in [0.05, 0.1) is 11.4 Å². The number of nitrogens with one attached hydrogen (secondary N) is 1. The van der Waals surface area contributed by atoms with Crippen molar-refractivity contribution in [1.29, 1.82) is 0 Å². The molecule has 0 atom stereocenters. The molecule has 0 aliphatic heterocycles. The number of amides is 1. The van der Waals surface area contributed by atoms with Crippen LogP contribution in [0.5, 0.6) is 0 Å². The van der Waals surface area contributed by atoms with E-state index in [4.69, 9.17) is 5.73 Å². The van der Waals surface area contributed by atoms with Gasteiger partial charge in [-0.1, -0.05) is 6.07 Å².